The number of fused-ring (bicyclic) bond motifs is 2. The Hall–Kier alpha value is -3.49. The molecule has 33 heavy (non-hydrogen) atoms. The van der Waals surface area contributed by atoms with Crippen LogP contribution in [0.3, 0.4) is 0 Å². The molecular weight excluding hydrogens is 462 g/mol. The standard InChI is InChI=1S/C24H18ClN3O4S/c1-14-6-2-5-9-19(14)28-23(30)15-7-3-4-8-17(15)27-24(28)33-12-22(29)26-18-11-21-20(10-16(18)25)31-13-32-21/h2-11H,12-13H2,1H3,(H,26,29). The number of nitrogens with zero attached hydrogens (tertiary/aromatic N) is 2. The number of hydrogen-bond acceptors (Lipinski definition) is 6. The molecule has 0 radical (unpaired) electrons. The number of ether oxygens (including phenoxy) is 2. The first kappa shape index (κ1) is 21.4. The number of rotatable bonds is 5. The minimum Gasteiger partial charge on any atom is -0.454 e. The zero-order valence-electron chi connectivity index (χ0n) is 17.5. The Labute approximate surface area is 198 Å². The molecule has 1 amide bonds. The van der Waals surface area contributed by atoms with Gasteiger partial charge >= 0.3 is 0 Å². The van der Waals surface area contributed by atoms with Crippen LogP contribution < -0.4 is 20.3 Å². The van der Waals surface area contributed by atoms with Gasteiger partial charge in [0, 0.05) is 12.1 Å². The third kappa shape index (κ3) is 4.15. The Kier molecular flexibility index (Phi) is 5.70. The number of halogens is 1. The minimum atomic E-state index is -0.292. The van der Waals surface area contributed by atoms with Crippen LogP contribution >= 0.6 is 23.4 Å². The molecule has 0 bridgehead atoms. The number of amides is 1. The first-order valence-corrected chi connectivity index (χ1v) is 11.5. The van der Waals surface area contributed by atoms with Gasteiger partial charge in [0.1, 0.15) is 0 Å². The van der Waals surface area contributed by atoms with Gasteiger partial charge in [0.25, 0.3) is 5.56 Å². The van der Waals surface area contributed by atoms with E-state index in [2.05, 4.69) is 10.3 Å². The van der Waals surface area contributed by atoms with Gasteiger partial charge in [-0.1, -0.05) is 53.7 Å². The van der Waals surface area contributed by atoms with E-state index in [1.54, 1.807) is 28.8 Å². The second kappa shape index (κ2) is 8.80. The highest BCUT2D eigenvalue weighted by atomic mass is 35.5. The van der Waals surface area contributed by atoms with E-state index in [4.69, 9.17) is 21.1 Å². The van der Waals surface area contributed by atoms with E-state index >= 15 is 0 Å². The summed E-state index contributed by atoms with van der Waals surface area (Å²) in [6.45, 7) is 2.04. The van der Waals surface area contributed by atoms with Crippen molar-refractivity contribution in [3.05, 3.63) is 81.6 Å². The van der Waals surface area contributed by atoms with Gasteiger partial charge in [0.15, 0.2) is 16.7 Å². The smallest absolute Gasteiger partial charge is 0.266 e. The van der Waals surface area contributed by atoms with E-state index in [1.807, 2.05) is 43.3 Å². The van der Waals surface area contributed by atoms with E-state index in [1.165, 1.54) is 11.8 Å². The molecule has 1 N–H and O–H groups in total. The molecule has 2 heterocycles. The van der Waals surface area contributed by atoms with E-state index in [9.17, 15) is 9.59 Å². The normalized spacial score (nSPS) is 12.2. The number of nitrogens with one attached hydrogen (secondary N) is 1. The molecule has 4 aromatic rings. The largest absolute Gasteiger partial charge is 0.454 e. The highest BCUT2D eigenvalue weighted by molar-refractivity contribution is 7.99. The van der Waals surface area contributed by atoms with Crippen molar-refractivity contribution in [1.29, 1.82) is 0 Å². The van der Waals surface area contributed by atoms with Crippen LogP contribution in [0.4, 0.5) is 5.69 Å². The van der Waals surface area contributed by atoms with Gasteiger partial charge in [-0.3, -0.25) is 14.2 Å². The van der Waals surface area contributed by atoms with Crippen LogP contribution in [0, 0.1) is 6.92 Å². The molecule has 3 aromatic carbocycles. The SMILES string of the molecule is Cc1ccccc1-n1c(SCC(=O)Nc2cc3c(cc2Cl)OCO3)nc2ccccc2c1=O. The summed E-state index contributed by atoms with van der Waals surface area (Å²) in [7, 11) is 0. The fraction of sp³-hybridized carbons (Fsp3) is 0.125. The molecule has 1 aliphatic heterocycles. The van der Waals surface area contributed by atoms with E-state index < -0.39 is 0 Å². The molecule has 0 saturated heterocycles. The van der Waals surface area contributed by atoms with Gasteiger partial charge in [-0.25, -0.2) is 4.98 Å². The molecule has 0 unspecified atom stereocenters. The Bertz CT molecular complexity index is 1450. The Morgan fingerprint density at radius 2 is 1.85 bits per heavy atom. The van der Waals surface area contributed by atoms with Crippen molar-refractivity contribution in [2.45, 2.75) is 12.1 Å². The van der Waals surface area contributed by atoms with E-state index in [0.29, 0.717) is 38.3 Å². The van der Waals surface area contributed by atoms with Crippen molar-refractivity contribution in [3.63, 3.8) is 0 Å². The van der Waals surface area contributed by atoms with Gasteiger partial charge < -0.3 is 14.8 Å². The lowest BCUT2D eigenvalue weighted by molar-refractivity contribution is -0.113. The van der Waals surface area contributed by atoms with Crippen LogP contribution in [0.5, 0.6) is 11.5 Å². The summed E-state index contributed by atoms with van der Waals surface area (Å²) in [6, 6.07) is 18.0. The lowest BCUT2D eigenvalue weighted by Gasteiger charge is -2.15. The molecule has 9 heteroatoms. The number of carbonyl (C=O) groups excluding carboxylic acids is 1. The Balaban J connectivity index is 1.45. The zero-order valence-corrected chi connectivity index (χ0v) is 19.1. The van der Waals surface area contributed by atoms with E-state index in [-0.39, 0.29) is 24.0 Å². The third-order valence-corrected chi connectivity index (χ3v) is 6.42. The summed E-state index contributed by atoms with van der Waals surface area (Å²) in [5.41, 5.74) is 2.47. The average molecular weight is 480 g/mol. The summed E-state index contributed by atoms with van der Waals surface area (Å²) in [5.74, 6) is 0.794. The summed E-state index contributed by atoms with van der Waals surface area (Å²) < 4.78 is 12.2. The molecule has 0 saturated carbocycles. The topological polar surface area (TPSA) is 82.5 Å². The first-order valence-electron chi connectivity index (χ1n) is 10.1. The van der Waals surface area contributed by atoms with Gasteiger partial charge in [-0.2, -0.15) is 0 Å². The quantitative estimate of drug-likeness (QED) is 0.327. The van der Waals surface area contributed by atoms with Crippen molar-refractivity contribution in [3.8, 4) is 17.2 Å². The van der Waals surface area contributed by atoms with Crippen molar-refractivity contribution >= 4 is 45.9 Å². The molecule has 5 rings (SSSR count). The fourth-order valence-electron chi connectivity index (χ4n) is 3.57. The maximum Gasteiger partial charge on any atom is 0.266 e. The Morgan fingerprint density at radius 3 is 2.67 bits per heavy atom. The number of benzene rings is 3. The second-order valence-electron chi connectivity index (χ2n) is 7.36. The van der Waals surface area contributed by atoms with Crippen LogP contribution in [-0.2, 0) is 4.79 Å². The predicted octanol–water partition coefficient (Wildman–Crippen LogP) is 4.81. The van der Waals surface area contributed by atoms with Crippen LogP contribution in [0.2, 0.25) is 5.02 Å². The molecule has 0 atom stereocenters. The summed E-state index contributed by atoms with van der Waals surface area (Å²) >= 11 is 7.44. The number of hydrogen-bond donors (Lipinski definition) is 1. The average Bonchev–Trinajstić information content (AvgIpc) is 3.26. The number of aryl methyl sites for hydroxylation is 1. The first-order chi connectivity index (χ1) is 16.0. The number of aromatic nitrogens is 2. The van der Waals surface area contributed by atoms with Crippen molar-refractivity contribution in [1.82, 2.24) is 9.55 Å². The lowest BCUT2D eigenvalue weighted by atomic mass is 10.2. The van der Waals surface area contributed by atoms with Gasteiger partial charge in [-0.15, -0.1) is 0 Å². The monoisotopic (exact) mass is 479 g/mol. The molecule has 0 fully saturated rings. The van der Waals surface area contributed by atoms with Crippen molar-refractivity contribution in [2.75, 3.05) is 17.9 Å². The number of carbonyl (C=O) groups is 1. The van der Waals surface area contributed by atoms with Gasteiger partial charge in [0.05, 0.1) is 33.1 Å². The molecular formula is C24H18ClN3O4S. The van der Waals surface area contributed by atoms with Gasteiger partial charge in [0.2, 0.25) is 12.7 Å². The third-order valence-electron chi connectivity index (χ3n) is 5.17. The van der Waals surface area contributed by atoms with Crippen molar-refractivity contribution < 1.29 is 14.3 Å². The van der Waals surface area contributed by atoms with Crippen LogP contribution in [0.15, 0.2) is 70.6 Å². The molecule has 0 aliphatic carbocycles. The fourth-order valence-corrected chi connectivity index (χ4v) is 4.57. The summed E-state index contributed by atoms with van der Waals surface area (Å²) in [4.78, 5) is 30.8. The number of thioether (sulfide) groups is 1. The number of para-hydroxylation sites is 2. The van der Waals surface area contributed by atoms with Crippen molar-refractivity contribution in [2.24, 2.45) is 0 Å². The maximum atomic E-state index is 13.4. The highest BCUT2D eigenvalue weighted by Gasteiger charge is 2.19. The molecule has 0 spiro atoms. The van der Waals surface area contributed by atoms with Crippen LogP contribution in [-0.4, -0.2) is 28.0 Å². The molecule has 7 nitrogen and oxygen atoms in total. The Morgan fingerprint density at radius 1 is 1.12 bits per heavy atom. The highest BCUT2D eigenvalue weighted by Crippen LogP contribution is 2.39. The van der Waals surface area contributed by atoms with E-state index in [0.717, 1.165) is 11.3 Å². The second-order valence-corrected chi connectivity index (χ2v) is 8.71. The van der Waals surface area contributed by atoms with Crippen LogP contribution in [0.25, 0.3) is 16.6 Å². The summed E-state index contributed by atoms with van der Waals surface area (Å²) in [5, 5.41) is 4.08. The van der Waals surface area contributed by atoms with Crippen LogP contribution in [0.1, 0.15) is 5.56 Å². The lowest BCUT2D eigenvalue weighted by Crippen LogP contribution is -2.23. The molecule has 166 valence electrons. The van der Waals surface area contributed by atoms with Gasteiger partial charge in [-0.05, 0) is 30.7 Å². The predicted molar refractivity (Wildman–Crippen MR) is 129 cm³/mol. The summed E-state index contributed by atoms with van der Waals surface area (Å²) in [6.07, 6.45) is 0. The minimum absolute atomic E-state index is 0.0292. The maximum absolute atomic E-state index is 13.4. The molecule has 1 aromatic heterocycles. The zero-order chi connectivity index (χ0) is 22.9. The number of anilines is 1. The molecule has 1 aliphatic rings.